The first kappa shape index (κ1) is 17.8. The highest BCUT2D eigenvalue weighted by atomic mass is 32.2. The van der Waals surface area contributed by atoms with Crippen molar-refractivity contribution in [2.75, 3.05) is 5.75 Å². The molecule has 2 fully saturated rings. The molecule has 1 heterocycles. The van der Waals surface area contributed by atoms with Crippen LogP contribution in [0.3, 0.4) is 0 Å². The Morgan fingerprint density at radius 1 is 1.27 bits per heavy atom. The van der Waals surface area contributed by atoms with E-state index in [2.05, 4.69) is 28.6 Å². The lowest BCUT2D eigenvalue weighted by Crippen LogP contribution is -2.24. The molecule has 140 valence electrons. The minimum atomic E-state index is -0.345. The summed E-state index contributed by atoms with van der Waals surface area (Å²) in [6.45, 7) is 4.66. The molecule has 0 N–H and O–H groups in total. The smallest absolute Gasteiger partial charge is 0.191 e. The second kappa shape index (κ2) is 7.59. The van der Waals surface area contributed by atoms with E-state index in [1.165, 1.54) is 31.7 Å². The topological polar surface area (TPSA) is 39.9 Å². The Kier molecular flexibility index (Phi) is 5.20. The minimum Gasteiger partial charge on any atom is -0.483 e. The Bertz CT molecular complexity index is 765. The first-order valence-electron chi connectivity index (χ1n) is 9.61. The number of para-hydroxylation sites is 1. The van der Waals surface area contributed by atoms with Crippen molar-refractivity contribution >= 4 is 11.8 Å². The Labute approximate surface area is 158 Å². The van der Waals surface area contributed by atoms with Gasteiger partial charge in [-0.1, -0.05) is 37.2 Å². The largest absolute Gasteiger partial charge is 0.483 e. The summed E-state index contributed by atoms with van der Waals surface area (Å²) in [7, 11) is 0. The molecular formula is C20H26FN3OS. The zero-order valence-corrected chi connectivity index (χ0v) is 16.2. The second-order valence-corrected chi connectivity index (χ2v) is 8.73. The molecule has 1 aromatic heterocycles. The molecule has 0 aliphatic heterocycles. The van der Waals surface area contributed by atoms with Crippen LogP contribution in [-0.4, -0.2) is 20.5 Å². The number of hydrogen-bond donors (Lipinski definition) is 0. The standard InChI is InChI=1S/C20H26FN3OS/c1-3-26-20-23-22-19(12-25-18-7-5-4-6-17(18)21)24(20)13(2)16-11-14-8-9-15(16)10-14/h4-7,13-16H,3,8-12H2,1-2H3. The lowest BCUT2D eigenvalue weighted by molar-refractivity contribution is 0.215. The first-order valence-corrected chi connectivity index (χ1v) is 10.6. The van der Waals surface area contributed by atoms with Crippen molar-refractivity contribution in [2.24, 2.45) is 17.8 Å². The van der Waals surface area contributed by atoms with Crippen LogP contribution >= 0.6 is 11.8 Å². The van der Waals surface area contributed by atoms with Crippen molar-refractivity contribution in [3.8, 4) is 5.75 Å². The summed E-state index contributed by atoms with van der Waals surface area (Å²) in [6.07, 6.45) is 5.46. The lowest BCUT2D eigenvalue weighted by atomic mass is 9.84. The Morgan fingerprint density at radius 3 is 2.81 bits per heavy atom. The Balaban J connectivity index is 1.56. The van der Waals surface area contributed by atoms with E-state index in [1.54, 1.807) is 30.0 Å². The van der Waals surface area contributed by atoms with Gasteiger partial charge in [0, 0.05) is 6.04 Å². The van der Waals surface area contributed by atoms with Gasteiger partial charge in [0.05, 0.1) is 0 Å². The zero-order chi connectivity index (χ0) is 18.1. The molecule has 0 saturated heterocycles. The van der Waals surface area contributed by atoms with E-state index in [-0.39, 0.29) is 18.2 Å². The molecule has 1 aromatic carbocycles. The predicted molar refractivity (Wildman–Crippen MR) is 101 cm³/mol. The molecule has 0 radical (unpaired) electrons. The van der Waals surface area contributed by atoms with Crippen LogP contribution < -0.4 is 4.74 Å². The van der Waals surface area contributed by atoms with Gasteiger partial charge in [-0.2, -0.15) is 0 Å². The molecule has 0 amide bonds. The number of thioether (sulfide) groups is 1. The van der Waals surface area contributed by atoms with Crippen LogP contribution in [0.1, 0.15) is 51.4 Å². The van der Waals surface area contributed by atoms with Crippen molar-refractivity contribution in [2.45, 2.75) is 57.3 Å². The molecule has 2 aliphatic carbocycles. The number of ether oxygens (including phenoxy) is 1. The molecule has 4 rings (SSSR count). The van der Waals surface area contributed by atoms with Crippen LogP contribution in [0, 0.1) is 23.6 Å². The lowest BCUT2D eigenvalue weighted by Gasteiger charge is -2.30. The van der Waals surface area contributed by atoms with E-state index >= 15 is 0 Å². The average molecular weight is 376 g/mol. The molecule has 6 heteroatoms. The quantitative estimate of drug-likeness (QED) is 0.631. The monoisotopic (exact) mass is 375 g/mol. The van der Waals surface area contributed by atoms with Crippen LogP contribution in [0.4, 0.5) is 4.39 Å². The maximum Gasteiger partial charge on any atom is 0.191 e. The van der Waals surface area contributed by atoms with Crippen molar-refractivity contribution < 1.29 is 9.13 Å². The van der Waals surface area contributed by atoms with E-state index in [4.69, 9.17) is 4.74 Å². The summed E-state index contributed by atoms with van der Waals surface area (Å²) in [4.78, 5) is 0. The highest BCUT2D eigenvalue weighted by molar-refractivity contribution is 7.99. The normalized spacial score (nSPS) is 25.6. The molecule has 4 nitrogen and oxygen atoms in total. The van der Waals surface area contributed by atoms with Crippen LogP contribution in [0.25, 0.3) is 0 Å². The summed E-state index contributed by atoms with van der Waals surface area (Å²) in [5, 5.41) is 9.73. The fourth-order valence-corrected chi connectivity index (χ4v) is 5.59. The van der Waals surface area contributed by atoms with Crippen LogP contribution in [0.15, 0.2) is 29.4 Å². The molecule has 0 spiro atoms. The molecule has 2 bridgehead atoms. The van der Waals surface area contributed by atoms with Gasteiger partial charge in [0.1, 0.15) is 6.61 Å². The summed E-state index contributed by atoms with van der Waals surface area (Å²) in [5.74, 6) is 4.09. The Hall–Kier alpha value is -1.56. The van der Waals surface area contributed by atoms with Gasteiger partial charge < -0.3 is 4.74 Å². The molecule has 2 aliphatic rings. The number of rotatable bonds is 7. The maximum absolute atomic E-state index is 13.9. The SMILES string of the molecule is CCSc1nnc(COc2ccccc2F)n1C(C)C1CC2CCC1C2. The summed E-state index contributed by atoms with van der Waals surface area (Å²) < 4.78 is 21.8. The molecule has 2 saturated carbocycles. The van der Waals surface area contributed by atoms with Gasteiger partial charge in [-0.15, -0.1) is 10.2 Å². The highest BCUT2D eigenvalue weighted by Crippen LogP contribution is 2.52. The third kappa shape index (κ3) is 3.36. The maximum atomic E-state index is 13.9. The van der Waals surface area contributed by atoms with E-state index in [0.717, 1.165) is 28.6 Å². The van der Waals surface area contributed by atoms with Gasteiger partial charge in [-0.05, 0) is 61.8 Å². The number of benzene rings is 1. The van der Waals surface area contributed by atoms with Gasteiger partial charge >= 0.3 is 0 Å². The number of halogens is 1. The predicted octanol–water partition coefficient (Wildman–Crippen LogP) is 5.11. The van der Waals surface area contributed by atoms with Gasteiger partial charge in [0.2, 0.25) is 0 Å². The third-order valence-electron chi connectivity index (χ3n) is 6.02. The van der Waals surface area contributed by atoms with Crippen LogP contribution in [0.5, 0.6) is 5.75 Å². The summed E-state index contributed by atoms with van der Waals surface area (Å²) in [6, 6.07) is 6.86. The van der Waals surface area contributed by atoms with E-state index in [9.17, 15) is 4.39 Å². The van der Waals surface area contributed by atoms with Crippen molar-refractivity contribution in [3.63, 3.8) is 0 Å². The van der Waals surface area contributed by atoms with E-state index in [0.29, 0.717) is 12.0 Å². The molecule has 4 unspecified atom stereocenters. The summed E-state index contributed by atoms with van der Waals surface area (Å²) in [5.41, 5.74) is 0. The van der Waals surface area contributed by atoms with Gasteiger partial charge in [-0.3, -0.25) is 4.57 Å². The molecule has 2 aromatic rings. The fraction of sp³-hybridized carbons (Fsp3) is 0.600. The van der Waals surface area contributed by atoms with Gasteiger partial charge in [0.25, 0.3) is 0 Å². The summed E-state index contributed by atoms with van der Waals surface area (Å²) >= 11 is 1.71. The van der Waals surface area contributed by atoms with E-state index < -0.39 is 0 Å². The molecular weight excluding hydrogens is 349 g/mol. The average Bonchev–Trinajstić information content (AvgIpc) is 3.36. The third-order valence-corrected chi connectivity index (χ3v) is 6.85. The fourth-order valence-electron chi connectivity index (χ4n) is 4.82. The molecule has 4 atom stereocenters. The minimum absolute atomic E-state index is 0.239. The van der Waals surface area contributed by atoms with Crippen LogP contribution in [0.2, 0.25) is 0 Å². The number of fused-ring (bicyclic) bond motifs is 2. The number of aromatic nitrogens is 3. The van der Waals surface area contributed by atoms with Crippen LogP contribution in [-0.2, 0) is 6.61 Å². The van der Waals surface area contributed by atoms with Crippen molar-refractivity contribution in [1.29, 1.82) is 0 Å². The van der Waals surface area contributed by atoms with Crippen molar-refractivity contribution in [3.05, 3.63) is 35.9 Å². The Morgan fingerprint density at radius 2 is 2.12 bits per heavy atom. The number of hydrogen-bond acceptors (Lipinski definition) is 4. The van der Waals surface area contributed by atoms with Gasteiger partial charge in [0.15, 0.2) is 22.5 Å². The first-order chi connectivity index (χ1) is 12.7. The highest BCUT2D eigenvalue weighted by Gasteiger charge is 2.43. The van der Waals surface area contributed by atoms with Gasteiger partial charge in [-0.25, -0.2) is 4.39 Å². The van der Waals surface area contributed by atoms with E-state index in [1.807, 2.05) is 0 Å². The van der Waals surface area contributed by atoms with Crippen molar-refractivity contribution in [1.82, 2.24) is 14.8 Å². The zero-order valence-electron chi connectivity index (χ0n) is 15.4. The molecule has 26 heavy (non-hydrogen) atoms. The number of nitrogens with zero attached hydrogens (tertiary/aromatic N) is 3. The second-order valence-electron chi connectivity index (χ2n) is 7.50.